The summed E-state index contributed by atoms with van der Waals surface area (Å²) >= 11 is 0. The zero-order valence-electron chi connectivity index (χ0n) is 12.2. The number of rotatable bonds is 5. The van der Waals surface area contributed by atoms with Gasteiger partial charge in [-0.1, -0.05) is 26.7 Å². The molecule has 17 heavy (non-hydrogen) atoms. The van der Waals surface area contributed by atoms with Gasteiger partial charge in [0.05, 0.1) is 0 Å². The molecule has 1 aliphatic carbocycles. The van der Waals surface area contributed by atoms with Gasteiger partial charge in [0, 0.05) is 24.2 Å². The summed E-state index contributed by atoms with van der Waals surface area (Å²) in [7, 11) is 0. The summed E-state index contributed by atoms with van der Waals surface area (Å²) in [6.07, 6.45) is 6.95. The van der Waals surface area contributed by atoms with E-state index in [2.05, 4.69) is 37.9 Å². The van der Waals surface area contributed by atoms with Gasteiger partial charge in [0.2, 0.25) is 0 Å². The van der Waals surface area contributed by atoms with E-state index in [0.29, 0.717) is 5.54 Å². The lowest BCUT2D eigenvalue weighted by Crippen LogP contribution is -2.68. The van der Waals surface area contributed by atoms with Crippen LogP contribution in [0.25, 0.3) is 0 Å². The maximum atomic E-state index is 3.74. The minimum atomic E-state index is 0.289. The first kappa shape index (κ1) is 13.4. The number of hydrogen-bond donors (Lipinski definition) is 1. The first-order valence-electron chi connectivity index (χ1n) is 7.51. The van der Waals surface area contributed by atoms with E-state index in [1.807, 2.05) is 0 Å². The molecular formula is C15H30N2. The van der Waals surface area contributed by atoms with Crippen molar-refractivity contribution >= 4 is 0 Å². The van der Waals surface area contributed by atoms with Gasteiger partial charge in [0.15, 0.2) is 0 Å². The van der Waals surface area contributed by atoms with Gasteiger partial charge in [-0.15, -0.1) is 0 Å². The first-order valence-corrected chi connectivity index (χ1v) is 7.51. The molecule has 1 saturated carbocycles. The second-order valence-corrected chi connectivity index (χ2v) is 6.82. The molecule has 0 amide bonds. The van der Waals surface area contributed by atoms with Gasteiger partial charge >= 0.3 is 0 Å². The highest BCUT2D eigenvalue weighted by Gasteiger charge is 2.41. The number of nitrogens with zero attached hydrogens (tertiary/aromatic N) is 1. The lowest BCUT2D eigenvalue weighted by Gasteiger charge is -2.52. The monoisotopic (exact) mass is 238 g/mol. The lowest BCUT2D eigenvalue weighted by molar-refractivity contribution is 0.00721. The van der Waals surface area contributed by atoms with Crippen molar-refractivity contribution in [1.82, 2.24) is 10.2 Å². The van der Waals surface area contributed by atoms with E-state index in [0.717, 1.165) is 12.5 Å². The van der Waals surface area contributed by atoms with Crippen molar-refractivity contribution in [3.63, 3.8) is 0 Å². The van der Waals surface area contributed by atoms with Crippen LogP contribution in [-0.4, -0.2) is 35.6 Å². The summed E-state index contributed by atoms with van der Waals surface area (Å²) in [4.78, 5) is 2.79. The second-order valence-electron chi connectivity index (χ2n) is 6.82. The van der Waals surface area contributed by atoms with E-state index in [1.165, 1.54) is 45.2 Å². The highest BCUT2D eigenvalue weighted by Crippen LogP contribution is 2.35. The Morgan fingerprint density at radius 2 is 1.82 bits per heavy atom. The van der Waals surface area contributed by atoms with Crippen LogP contribution in [0.3, 0.4) is 0 Å². The largest absolute Gasteiger partial charge is 0.309 e. The maximum Gasteiger partial charge on any atom is 0.0329 e. The standard InChI is InChI=1S/C15H30N2/c1-5-15(6-2)11-16-14(3,4)12-17(15)10-9-13-7-8-13/h13,16H,5-12H2,1-4H3. The predicted molar refractivity (Wildman–Crippen MR) is 74.3 cm³/mol. The molecule has 2 fully saturated rings. The number of nitrogens with one attached hydrogen (secondary N) is 1. The Morgan fingerprint density at radius 1 is 1.18 bits per heavy atom. The Hall–Kier alpha value is -0.0800. The van der Waals surface area contributed by atoms with Crippen molar-refractivity contribution in [3.05, 3.63) is 0 Å². The van der Waals surface area contributed by atoms with Crippen LogP contribution in [0.15, 0.2) is 0 Å². The topological polar surface area (TPSA) is 15.3 Å². The van der Waals surface area contributed by atoms with Crippen LogP contribution in [0.4, 0.5) is 0 Å². The molecule has 100 valence electrons. The molecule has 0 unspecified atom stereocenters. The van der Waals surface area contributed by atoms with Crippen LogP contribution in [0, 0.1) is 5.92 Å². The molecule has 2 nitrogen and oxygen atoms in total. The molecule has 0 aromatic heterocycles. The van der Waals surface area contributed by atoms with Crippen LogP contribution >= 0.6 is 0 Å². The molecule has 2 aliphatic rings. The summed E-state index contributed by atoms with van der Waals surface area (Å²) in [6.45, 7) is 13.1. The molecule has 1 saturated heterocycles. The molecule has 2 heteroatoms. The van der Waals surface area contributed by atoms with Crippen molar-refractivity contribution in [3.8, 4) is 0 Å². The van der Waals surface area contributed by atoms with E-state index in [-0.39, 0.29) is 5.54 Å². The third-order valence-electron chi connectivity index (χ3n) is 4.97. The van der Waals surface area contributed by atoms with Gasteiger partial charge in [-0.25, -0.2) is 0 Å². The van der Waals surface area contributed by atoms with Crippen molar-refractivity contribution < 1.29 is 0 Å². The molecule has 0 aromatic carbocycles. The fourth-order valence-corrected chi connectivity index (χ4v) is 3.22. The summed E-state index contributed by atoms with van der Waals surface area (Å²) in [5.74, 6) is 1.06. The normalized spacial score (nSPS) is 28.2. The van der Waals surface area contributed by atoms with E-state index in [9.17, 15) is 0 Å². The van der Waals surface area contributed by atoms with E-state index >= 15 is 0 Å². The van der Waals surface area contributed by atoms with Crippen LogP contribution in [0.1, 0.15) is 59.8 Å². The van der Waals surface area contributed by atoms with Crippen LogP contribution < -0.4 is 5.32 Å². The van der Waals surface area contributed by atoms with Crippen LogP contribution in [-0.2, 0) is 0 Å². The molecule has 1 heterocycles. The van der Waals surface area contributed by atoms with Crippen LogP contribution in [0.2, 0.25) is 0 Å². The Balaban J connectivity index is 2.01. The van der Waals surface area contributed by atoms with Gasteiger partial charge < -0.3 is 5.32 Å². The zero-order valence-corrected chi connectivity index (χ0v) is 12.2. The Bertz CT molecular complexity index is 252. The molecule has 1 N–H and O–H groups in total. The van der Waals surface area contributed by atoms with Gasteiger partial charge in [-0.3, -0.25) is 4.90 Å². The molecule has 0 atom stereocenters. The third-order valence-corrected chi connectivity index (χ3v) is 4.97. The molecule has 1 aliphatic heterocycles. The minimum absolute atomic E-state index is 0.289. The highest BCUT2D eigenvalue weighted by atomic mass is 15.3. The average molecular weight is 238 g/mol. The van der Waals surface area contributed by atoms with E-state index in [1.54, 1.807) is 0 Å². The number of piperazine rings is 1. The summed E-state index contributed by atoms with van der Waals surface area (Å²) in [5, 5.41) is 3.74. The van der Waals surface area contributed by atoms with E-state index in [4.69, 9.17) is 0 Å². The Labute approximate surface area is 107 Å². The molecule has 0 radical (unpaired) electrons. The average Bonchev–Trinajstić information content (AvgIpc) is 3.10. The first-order chi connectivity index (χ1) is 8.01. The highest BCUT2D eigenvalue weighted by molar-refractivity contribution is 5.01. The second kappa shape index (κ2) is 4.89. The van der Waals surface area contributed by atoms with E-state index < -0.39 is 0 Å². The third kappa shape index (κ3) is 3.03. The zero-order chi connectivity index (χ0) is 12.5. The molecule has 0 bridgehead atoms. The Kier molecular flexibility index (Phi) is 3.84. The fraction of sp³-hybridized carbons (Fsp3) is 1.00. The molecular weight excluding hydrogens is 208 g/mol. The van der Waals surface area contributed by atoms with Gasteiger partial charge in [-0.05, 0) is 45.6 Å². The maximum absolute atomic E-state index is 3.74. The van der Waals surface area contributed by atoms with Crippen molar-refractivity contribution in [1.29, 1.82) is 0 Å². The Morgan fingerprint density at radius 3 is 2.35 bits per heavy atom. The molecule has 0 spiro atoms. The predicted octanol–water partition coefficient (Wildman–Crippen LogP) is 3.03. The smallest absolute Gasteiger partial charge is 0.0329 e. The fourth-order valence-electron chi connectivity index (χ4n) is 3.22. The molecule has 2 rings (SSSR count). The SMILES string of the molecule is CCC1(CC)CNC(C)(C)CN1CCC1CC1. The summed E-state index contributed by atoms with van der Waals surface area (Å²) in [6, 6.07) is 0. The van der Waals surface area contributed by atoms with Gasteiger partial charge in [0.1, 0.15) is 0 Å². The summed E-state index contributed by atoms with van der Waals surface area (Å²) < 4.78 is 0. The van der Waals surface area contributed by atoms with Crippen molar-refractivity contribution in [2.75, 3.05) is 19.6 Å². The van der Waals surface area contributed by atoms with Crippen molar-refractivity contribution in [2.24, 2.45) is 5.92 Å². The quantitative estimate of drug-likeness (QED) is 0.792. The number of hydrogen-bond acceptors (Lipinski definition) is 2. The van der Waals surface area contributed by atoms with Gasteiger partial charge in [0.25, 0.3) is 0 Å². The lowest BCUT2D eigenvalue weighted by atomic mass is 9.84. The van der Waals surface area contributed by atoms with Gasteiger partial charge in [-0.2, -0.15) is 0 Å². The molecule has 0 aromatic rings. The van der Waals surface area contributed by atoms with Crippen LogP contribution in [0.5, 0.6) is 0 Å². The minimum Gasteiger partial charge on any atom is -0.309 e. The summed E-state index contributed by atoms with van der Waals surface area (Å²) in [5.41, 5.74) is 0.710. The van der Waals surface area contributed by atoms with Crippen molar-refractivity contribution in [2.45, 2.75) is 70.9 Å².